The standard InChI is InChI=1S/C25H28N6O2/c1-17-4-3-5-20(14-17)25(33)30-12-10-29(11-13-30)16-24(32)26-21-7-8-22-19(15-21)6-9-23-28-27-18(2)31(22)23/h3-5,7-8,14-15H,6,9-13,16H2,1-2H3,(H,26,32). The van der Waals surface area contributed by atoms with Crippen molar-refractivity contribution in [2.24, 2.45) is 0 Å². The second-order valence-electron chi connectivity index (χ2n) is 8.83. The summed E-state index contributed by atoms with van der Waals surface area (Å²) >= 11 is 0. The number of hydrogen-bond donors (Lipinski definition) is 1. The van der Waals surface area contributed by atoms with Crippen molar-refractivity contribution in [3.05, 3.63) is 70.8 Å². The number of amides is 2. The molecule has 0 unspecified atom stereocenters. The van der Waals surface area contributed by atoms with Crippen LogP contribution in [0.2, 0.25) is 0 Å². The minimum Gasteiger partial charge on any atom is -0.336 e. The van der Waals surface area contributed by atoms with Gasteiger partial charge in [0.15, 0.2) is 0 Å². The molecular weight excluding hydrogens is 416 g/mol. The number of aryl methyl sites for hydroxylation is 4. The van der Waals surface area contributed by atoms with E-state index >= 15 is 0 Å². The first-order valence-corrected chi connectivity index (χ1v) is 11.4. The first kappa shape index (κ1) is 21.3. The topological polar surface area (TPSA) is 83.4 Å². The Morgan fingerprint density at radius 3 is 2.58 bits per heavy atom. The first-order chi connectivity index (χ1) is 16.0. The summed E-state index contributed by atoms with van der Waals surface area (Å²) in [4.78, 5) is 29.4. The molecule has 2 aliphatic rings. The lowest BCUT2D eigenvalue weighted by atomic mass is 10.0. The molecule has 3 aromatic rings. The van der Waals surface area contributed by atoms with Gasteiger partial charge in [0, 0.05) is 43.9 Å². The lowest BCUT2D eigenvalue weighted by molar-refractivity contribution is -0.117. The van der Waals surface area contributed by atoms with Crippen molar-refractivity contribution in [1.29, 1.82) is 0 Å². The first-order valence-electron chi connectivity index (χ1n) is 11.4. The SMILES string of the molecule is Cc1cccc(C(=O)N2CCN(CC(=O)Nc3ccc4c(c3)CCc3nnc(C)n3-4)CC2)c1. The van der Waals surface area contributed by atoms with Gasteiger partial charge in [-0.05, 0) is 56.2 Å². The summed E-state index contributed by atoms with van der Waals surface area (Å²) in [5.41, 5.74) is 4.89. The molecule has 5 rings (SSSR count). The molecule has 2 amide bonds. The maximum Gasteiger partial charge on any atom is 0.253 e. The van der Waals surface area contributed by atoms with Gasteiger partial charge in [0.05, 0.1) is 12.2 Å². The van der Waals surface area contributed by atoms with Gasteiger partial charge >= 0.3 is 0 Å². The molecule has 0 saturated carbocycles. The van der Waals surface area contributed by atoms with Crippen LogP contribution in [0.3, 0.4) is 0 Å². The molecule has 0 spiro atoms. The maximum absolute atomic E-state index is 12.7. The van der Waals surface area contributed by atoms with E-state index in [1.54, 1.807) is 0 Å². The molecule has 8 nitrogen and oxygen atoms in total. The zero-order valence-corrected chi connectivity index (χ0v) is 19.0. The molecular formula is C25H28N6O2. The van der Waals surface area contributed by atoms with Gasteiger partial charge in [0.25, 0.3) is 5.91 Å². The summed E-state index contributed by atoms with van der Waals surface area (Å²) in [6.07, 6.45) is 1.73. The van der Waals surface area contributed by atoms with Gasteiger partial charge in [0.2, 0.25) is 5.91 Å². The van der Waals surface area contributed by atoms with Crippen LogP contribution in [0, 0.1) is 13.8 Å². The van der Waals surface area contributed by atoms with Gasteiger partial charge in [-0.3, -0.25) is 19.1 Å². The van der Waals surface area contributed by atoms with E-state index < -0.39 is 0 Å². The van der Waals surface area contributed by atoms with Crippen LogP contribution >= 0.6 is 0 Å². The highest BCUT2D eigenvalue weighted by Gasteiger charge is 2.24. The number of fused-ring (bicyclic) bond motifs is 3. The van der Waals surface area contributed by atoms with Gasteiger partial charge in [-0.2, -0.15) is 0 Å². The fourth-order valence-corrected chi connectivity index (χ4v) is 4.68. The Bertz CT molecular complexity index is 1210. The maximum atomic E-state index is 12.7. The molecule has 2 aliphatic heterocycles. The van der Waals surface area contributed by atoms with Crippen molar-refractivity contribution in [3.8, 4) is 5.69 Å². The van der Waals surface area contributed by atoms with Crippen LogP contribution in [0.25, 0.3) is 5.69 Å². The minimum absolute atomic E-state index is 0.0367. The Kier molecular flexibility index (Phi) is 5.68. The van der Waals surface area contributed by atoms with Gasteiger partial charge in [-0.1, -0.05) is 17.7 Å². The predicted molar refractivity (Wildman–Crippen MR) is 126 cm³/mol. The molecule has 1 aromatic heterocycles. The highest BCUT2D eigenvalue weighted by Crippen LogP contribution is 2.27. The van der Waals surface area contributed by atoms with Gasteiger partial charge < -0.3 is 10.2 Å². The number of aromatic nitrogens is 3. The van der Waals surface area contributed by atoms with Crippen LogP contribution in [-0.4, -0.2) is 69.1 Å². The van der Waals surface area contributed by atoms with E-state index in [-0.39, 0.29) is 11.8 Å². The summed E-state index contributed by atoms with van der Waals surface area (Å²) < 4.78 is 2.09. The van der Waals surface area contributed by atoms with Crippen molar-refractivity contribution in [1.82, 2.24) is 24.6 Å². The van der Waals surface area contributed by atoms with Crippen molar-refractivity contribution in [2.75, 3.05) is 38.0 Å². The largest absolute Gasteiger partial charge is 0.336 e. The van der Waals surface area contributed by atoms with Gasteiger partial charge in [-0.25, -0.2) is 0 Å². The molecule has 1 fully saturated rings. The Morgan fingerprint density at radius 2 is 1.79 bits per heavy atom. The van der Waals surface area contributed by atoms with E-state index in [0.717, 1.165) is 47.0 Å². The number of nitrogens with one attached hydrogen (secondary N) is 1. The normalized spacial score (nSPS) is 15.6. The molecule has 2 aromatic carbocycles. The van der Waals surface area contributed by atoms with E-state index in [9.17, 15) is 9.59 Å². The fraction of sp³-hybridized carbons (Fsp3) is 0.360. The van der Waals surface area contributed by atoms with Crippen LogP contribution < -0.4 is 5.32 Å². The molecule has 8 heteroatoms. The summed E-state index contributed by atoms with van der Waals surface area (Å²) in [6, 6.07) is 13.7. The summed E-state index contributed by atoms with van der Waals surface area (Å²) in [5, 5.41) is 11.5. The molecule has 0 radical (unpaired) electrons. The number of carbonyl (C=O) groups is 2. The van der Waals surface area contributed by atoms with Crippen LogP contribution in [0.1, 0.15) is 33.1 Å². The highest BCUT2D eigenvalue weighted by molar-refractivity contribution is 5.94. The Balaban J connectivity index is 1.16. The monoisotopic (exact) mass is 444 g/mol. The molecule has 0 bridgehead atoms. The molecule has 170 valence electrons. The fourth-order valence-electron chi connectivity index (χ4n) is 4.68. The molecule has 0 aliphatic carbocycles. The number of benzene rings is 2. The Hall–Kier alpha value is -3.52. The number of nitrogens with zero attached hydrogens (tertiary/aromatic N) is 5. The Morgan fingerprint density at radius 1 is 0.970 bits per heavy atom. The number of anilines is 1. The number of piperazine rings is 1. The lowest BCUT2D eigenvalue weighted by Crippen LogP contribution is -2.50. The van der Waals surface area contributed by atoms with Crippen molar-refractivity contribution < 1.29 is 9.59 Å². The van der Waals surface area contributed by atoms with Gasteiger partial charge in [0.1, 0.15) is 11.6 Å². The molecule has 33 heavy (non-hydrogen) atoms. The smallest absolute Gasteiger partial charge is 0.253 e. The average Bonchev–Trinajstić information content (AvgIpc) is 3.20. The predicted octanol–water partition coefficient (Wildman–Crippen LogP) is 2.38. The van der Waals surface area contributed by atoms with Crippen LogP contribution in [0.5, 0.6) is 0 Å². The number of hydrogen-bond acceptors (Lipinski definition) is 5. The Labute approximate surface area is 193 Å². The van der Waals surface area contributed by atoms with Crippen molar-refractivity contribution >= 4 is 17.5 Å². The van der Waals surface area contributed by atoms with E-state index in [2.05, 4.69) is 25.0 Å². The van der Waals surface area contributed by atoms with Crippen LogP contribution in [0.15, 0.2) is 42.5 Å². The minimum atomic E-state index is -0.0367. The van der Waals surface area contributed by atoms with Gasteiger partial charge in [-0.15, -0.1) is 10.2 Å². The van der Waals surface area contributed by atoms with Crippen molar-refractivity contribution in [2.45, 2.75) is 26.7 Å². The van der Waals surface area contributed by atoms with Crippen LogP contribution in [-0.2, 0) is 17.6 Å². The van der Waals surface area contributed by atoms with E-state index in [4.69, 9.17) is 0 Å². The third kappa shape index (κ3) is 4.39. The molecule has 1 saturated heterocycles. The summed E-state index contributed by atoms with van der Waals surface area (Å²) in [5.74, 6) is 1.88. The van der Waals surface area contributed by atoms with E-state index in [0.29, 0.717) is 32.7 Å². The quantitative estimate of drug-likeness (QED) is 0.668. The molecule has 0 atom stereocenters. The zero-order chi connectivity index (χ0) is 22.9. The second-order valence-corrected chi connectivity index (χ2v) is 8.83. The summed E-state index contributed by atoms with van der Waals surface area (Å²) in [6.45, 7) is 6.88. The van der Waals surface area contributed by atoms with E-state index in [1.165, 1.54) is 5.56 Å². The molecule has 1 N–H and O–H groups in total. The molecule has 3 heterocycles. The van der Waals surface area contributed by atoms with Crippen molar-refractivity contribution in [3.63, 3.8) is 0 Å². The number of rotatable bonds is 4. The average molecular weight is 445 g/mol. The highest BCUT2D eigenvalue weighted by atomic mass is 16.2. The third-order valence-electron chi connectivity index (χ3n) is 6.41. The third-order valence-corrected chi connectivity index (χ3v) is 6.41. The lowest BCUT2D eigenvalue weighted by Gasteiger charge is -2.34. The number of carbonyl (C=O) groups excluding carboxylic acids is 2. The van der Waals surface area contributed by atoms with Crippen LogP contribution in [0.4, 0.5) is 5.69 Å². The van der Waals surface area contributed by atoms with E-state index in [1.807, 2.05) is 61.2 Å². The second kappa shape index (κ2) is 8.78. The summed E-state index contributed by atoms with van der Waals surface area (Å²) in [7, 11) is 0. The zero-order valence-electron chi connectivity index (χ0n) is 19.0.